The fourth-order valence-corrected chi connectivity index (χ4v) is 1.85. The molecule has 1 rings (SSSR count). The number of rotatable bonds is 7. The first-order valence-electron chi connectivity index (χ1n) is 5.92. The molecule has 0 spiro atoms. The first kappa shape index (κ1) is 14.1. The Kier molecular flexibility index (Phi) is 6.16. The Bertz CT molecular complexity index is 330. The van der Waals surface area contributed by atoms with Gasteiger partial charge in [-0.25, -0.2) is 0 Å². The molecule has 0 aromatic heterocycles. The van der Waals surface area contributed by atoms with Crippen LogP contribution in [0.2, 0.25) is 5.02 Å². The summed E-state index contributed by atoms with van der Waals surface area (Å²) >= 11 is 5.97. The van der Waals surface area contributed by atoms with Gasteiger partial charge in [0, 0.05) is 23.2 Å². The molecule has 17 heavy (non-hydrogen) atoms. The van der Waals surface area contributed by atoms with Gasteiger partial charge in [0.15, 0.2) is 11.5 Å². The largest absolute Gasteiger partial charge is 0.493 e. The average Bonchev–Trinajstić information content (AvgIpc) is 2.35. The fourth-order valence-electron chi connectivity index (χ4n) is 1.62. The van der Waals surface area contributed by atoms with Crippen LogP contribution in [0.1, 0.15) is 31.7 Å². The number of hydrogen-bond acceptors (Lipinski definition) is 3. The highest BCUT2D eigenvalue weighted by Gasteiger charge is 2.11. The molecule has 0 saturated carbocycles. The minimum absolute atomic E-state index is 0.389. The molecule has 0 aliphatic heterocycles. The molecule has 0 atom stereocenters. The van der Waals surface area contributed by atoms with Crippen LogP contribution >= 0.6 is 11.6 Å². The molecule has 3 nitrogen and oxygen atoms in total. The maximum Gasteiger partial charge on any atom is 0.165 e. The first-order valence-corrected chi connectivity index (χ1v) is 6.30. The quantitative estimate of drug-likeness (QED) is 0.762. The summed E-state index contributed by atoms with van der Waals surface area (Å²) in [7, 11) is 1.60. The Hall–Kier alpha value is -0.930. The van der Waals surface area contributed by atoms with Crippen LogP contribution in [-0.4, -0.2) is 13.7 Å². The molecule has 0 unspecified atom stereocenters. The van der Waals surface area contributed by atoms with Crippen LogP contribution in [0, 0.1) is 0 Å². The van der Waals surface area contributed by atoms with Crippen LogP contribution in [0.4, 0.5) is 0 Å². The van der Waals surface area contributed by atoms with Crippen LogP contribution in [-0.2, 0) is 6.54 Å². The van der Waals surface area contributed by atoms with E-state index in [2.05, 4.69) is 6.92 Å². The van der Waals surface area contributed by atoms with E-state index in [1.165, 1.54) is 6.42 Å². The van der Waals surface area contributed by atoms with Crippen LogP contribution in [0.25, 0.3) is 0 Å². The predicted molar refractivity (Wildman–Crippen MR) is 70.9 cm³/mol. The van der Waals surface area contributed by atoms with E-state index in [-0.39, 0.29) is 0 Å². The van der Waals surface area contributed by atoms with Gasteiger partial charge in [-0.15, -0.1) is 0 Å². The van der Waals surface area contributed by atoms with E-state index >= 15 is 0 Å². The van der Waals surface area contributed by atoms with Crippen molar-refractivity contribution in [1.82, 2.24) is 0 Å². The monoisotopic (exact) mass is 257 g/mol. The summed E-state index contributed by atoms with van der Waals surface area (Å²) in [6.07, 6.45) is 3.37. The highest BCUT2D eigenvalue weighted by Crippen LogP contribution is 2.34. The van der Waals surface area contributed by atoms with E-state index in [0.29, 0.717) is 23.9 Å². The lowest BCUT2D eigenvalue weighted by molar-refractivity contribution is 0.283. The zero-order valence-electron chi connectivity index (χ0n) is 10.5. The molecule has 0 amide bonds. The van der Waals surface area contributed by atoms with Crippen LogP contribution in [0.3, 0.4) is 0 Å². The SMILES string of the molecule is CCCCCOc1c(CN)cc(Cl)cc1OC. The molecule has 0 bridgehead atoms. The molecule has 0 fully saturated rings. The van der Waals surface area contributed by atoms with Crippen LogP contribution in [0.5, 0.6) is 11.5 Å². The first-order chi connectivity index (χ1) is 8.22. The minimum Gasteiger partial charge on any atom is -0.493 e. The van der Waals surface area contributed by atoms with Crippen molar-refractivity contribution < 1.29 is 9.47 Å². The van der Waals surface area contributed by atoms with Gasteiger partial charge in [-0.3, -0.25) is 0 Å². The summed E-state index contributed by atoms with van der Waals surface area (Å²) < 4.78 is 11.0. The number of ether oxygens (including phenoxy) is 2. The standard InChI is InChI=1S/C13H20ClNO2/c1-3-4-5-6-17-13-10(9-15)7-11(14)8-12(13)16-2/h7-8H,3-6,9,15H2,1-2H3. The van der Waals surface area contributed by atoms with Crippen molar-refractivity contribution in [2.45, 2.75) is 32.7 Å². The van der Waals surface area contributed by atoms with E-state index in [1.807, 2.05) is 6.07 Å². The lowest BCUT2D eigenvalue weighted by atomic mass is 10.2. The van der Waals surface area contributed by atoms with Crippen molar-refractivity contribution in [3.63, 3.8) is 0 Å². The van der Waals surface area contributed by atoms with Gasteiger partial charge in [-0.1, -0.05) is 31.4 Å². The van der Waals surface area contributed by atoms with Gasteiger partial charge in [-0.05, 0) is 12.5 Å². The Labute approximate surface area is 108 Å². The van der Waals surface area contributed by atoms with Crippen molar-refractivity contribution >= 4 is 11.6 Å². The third-order valence-corrected chi connectivity index (χ3v) is 2.75. The molecule has 96 valence electrons. The fraction of sp³-hybridized carbons (Fsp3) is 0.538. The second-order valence-corrected chi connectivity index (χ2v) is 4.29. The molecule has 4 heteroatoms. The molecular formula is C13H20ClNO2. The summed E-state index contributed by atoms with van der Waals surface area (Å²) in [4.78, 5) is 0. The summed E-state index contributed by atoms with van der Waals surface area (Å²) in [6, 6.07) is 3.56. The Morgan fingerprint density at radius 1 is 1.29 bits per heavy atom. The van der Waals surface area contributed by atoms with Crippen LogP contribution in [0.15, 0.2) is 12.1 Å². The van der Waals surface area contributed by atoms with Gasteiger partial charge in [0.1, 0.15) is 0 Å². The van der Waals surface area contributed by atoms with Gasteiger partial charge < -0.3 is 15.2 Å². The van der Waals surface area contributed by atoms with E-state index < -0.39 is 0 Å². The third-order valence-electron chi connectivity index (χ3n) is 2.53. The van der Waals surface area contributed by atoms with E-state index in [1.54, 1.807) is 13.2 Å². The summed E-state index contributed by atoms with van der Waals surface area (Å²) in [6.45, 7) is 3.23. The molecule has 1 aromatic carbocycles. The molecule has 0 heterocycles. The summed E-state index contributed by atoms with van der Waals surface area (Å²) in [5.41, 5.74) is 6.56. The van der Waals surface area contributed by atoms with Crippen molar-refractivity contribution in [3.8, 4) is 11.5 Å². The Balaban J connectivity index is 2.79. The maximum atomic E-state index is 5.97. The van der Waals surface area contributed by atoms with E-state index in [0.717, 1.165) is 24.2 Å². The average molecular weight is 258 g/mol. The molecule has 2 N–H and O–H groups in total. The number of hydrogen-bond donors (Lipinski definition) is 1. The second-order valence-electron chi connectivity index (χ2n) is 3.86. The van der Waals surface area contributed by atoms with Gasteiger partial charge in [0.2, 0.25) is 0 Å². The maximum absolute atomic E-state index is 5.97. The smallest absolute Gasteiger partial charge is 0.165 e. The normalized spacial score (nSPS) is 10.4. The van der Waals surface area contributed by atoms with E-state index in [4.69, 9.17) is 26.8 Å². The highest BCUT2D eigenvalue weighted by molar-refractivity contribution is 6.30. The zero-order chi connectivity index (χ0) is 12.7. The molecule has 0 aliphatic carbocycles. The van der Waals surface area contributed by atoms with Gasteiger partial charge in [-0.2, -0.15) is 0 Å². The molecule has 0 radical (unpaired) electrons. The van der Waals surface area contributed by atoms with Crippen molar-refractivity contribution in [1.29, 1.82) is 0 Å². The van der Waals surface area contributed by atoms with Crippen molar-refractivity contribution in [2.75, 3.05) is 13.7 Å². The summed E-state index contributed by atoms with van der Waals surface area (Å²) in [5, 5.41) is 0.614. The molecule has 1 aromatic rings. The predicted octanol–water partition coefficient (Wildman–Crippen LogP) is 3.38. The number of halogens is 1. The van der Waals surface area contributed by atoms with E-state index in [9.17, 15) is 0 Å². The Morgan fingerprint density at radius 3 is 2.65 bits per heavy atom. The second kappa shape index (κ2) is 7.41. The van der Waals surface area contributed by atoms with Crippen molar-refractivity contribution in [3.05, 3.63) is 22.7 Å². The lowest BCUT2D eigenvalue weighted by Crippen LogP contribution is -2.05. The minimum atomic E-state index is 0.389. The Morgan fingerprint density at radius 2 is 2.06 bits per heavy atom. The summed E-state index contributed by atoms with van der Waals surface area (Å²) in [5.74, 6) is 1.37. The van der Waals surface area contributed by atoms with Crippen molar-refractivity contribution in [2.24, 2.45) is 5.73 Å². The van der Waals surface area contributed by atoms with Gasteiger partial charge >= 0.3 is 0 Å². The highest BCUT2D eigenvalue weighted by atomic mass is 35.5. The zero-order valence-corrected chi connectivity index (χ0v) is 11.2. The lowest BCUT2D eigenvalue weighted by Gasteiger charge is -2.14. The molecule has 0 aliphatic rings. The van der Waals surface area contributed by atoms with Gasteiger partial charge in [0.25, 0.3) is 0 Å². The third kappa shape index (κ3) is 4.10. The van der Waals surface area contributed by atoms with Crippen LogP contribution < -0.4 is 15.2 Å². The molecular weight excluding hydrogens is 238 g/mol. The number of benzene rings is 1. The molecule has 0 saturated heterocycles. The van der Waals surface area contributed by atoms with Gasteiger partial charge in [0.05, 0.1) is 13.7 Å². The topological polar surface area (TPSA) is 44.5 Å². The number of nitrogens with two attached hydrogens (primary N) is 1. The number of unbranched alkanes of at least 4 members (excludes halogenated alkanes) is 2. The number of methoxy groups -OCH3 is 1.